The second-order valence-corrected chi connectivity index (χ2v) is 8.47. The molecule has 0 saturated carbocycles. The summed E-state index contributed by atoms with van der Waals surface area (Å²) in [5.74, 6) is 1.07. The van der Waals surface area contributed by atoms with Crippen molar-refractivity contribution < 1.29 is 18.3 Å². The predicted molar refractivity (Wildman–Crippen MR) is 109 cm³/mol. The highest BCUT2D eigenvalue weighted by Crippen LogP contribution is 2.40. The lowest BCUT2D eigenvalue weighted by atomic mass is 9.99. The molecule has 0 bridgehead atoms. The quantitative estimate of drug-likeness (QED) is 0.860. The van der Waals surface area contributed by atoms with Crippen molar-refractivity contribution in [2.24, 2.45) is 4.40 Å². The fourth-order valence-electron chi connectivity index (χ4n) is 3.70. The molecule has 2 aliphatic heterocycles. The van der Waals surface area contributed by atoms with Crippen LogP contribution in [0, 0.1) is 0 Å². The van der Waals surface area contributed by atoms with Gasteiger partial charge in [0.2, 0.25) is 0 Å². The zero-order valence-corrected chi connectivity index (χ0v) is 16.4. The molecular formula is C21H22N2O4S. The van der Waals surface area contributed by atoms with Gasteiger partial charge in [0, 0.05) is 18.7 Å². The number of aliphatic hydroxyl groups is 1. The highest BCUT2D eigenvalue weighted by atomic mass is 32.2. The number of rotatable bonds is 3. The number of aliphatic hydroxyl groups excluding tert-OH is 1. The van der Waals surface area contributed by atoms with Crippen LogP contribution in [-0.4, -0.2) is 50.6 Å². The van der Waals surface area contributed by atoms with Crippen LogP contribution in [0.1, 0.15) is 24.0 Å². The Morgan fingerprint density at radius 3 is 2.43 bits per heavy atom. The maximum Gasteiger partial charge on any atom is 0.285 e. The third kappa shape index (κ3) is 3.43. The molecule has 1 saturated heterocycles. The van der Waals surface area contributed by atoms with Gasteiger partial charge >= 0.3 is 0 Å². The van der Waals surface area contributed by atoms with E-state index in [1.54, 1.807) is 31.4 Å². The van der Waals surface area contributed by atoms with Gasteiger partial charge < -0.3 is 14.7 Å². The molecule has 7 heteroatoms. The molecule has 4 rings (SSSR count). The van der Waals surface area contributed by atoms with Crippen LogP contribution in [-0.2, 0) is 10.0 Å². The maximum atomic E-state index is 13.1. The number of hydrogen-bond donors (Lipinski definition) is 1. The topological polar surface area (TPSA) is 79.2 Å². The SMILES string of the molecule is COc1ccc(C2=C(c3ccccc3)C(N3CCC[C@H](O)C3)=NS2(=O)=O)cc1. The lowest BCUT2D eigenvalue weighted by molar-refractivity contribution is 0.104. The van der Waals surface area contributed by atoms with E-state index in [2.05, 4.69) is 4.40 Å². The standard InChI is InChI=1S/C21H22N2O4S/c1-27-18-11-9-16(10-12-18)20-19(15-6-3-2-4-7-15)21(22-28(20,25)26)23-13-5-8-17(24)14-23/h2-4,6-7,9-12,17,24H,5,8,13-14H2,1H3/t17-/m0/s1. The molecule has 0 unspecified atom stereocenters. The van der Waals surface area contributed by atoms with Gasteiger partial charge in [-0.05, 0) is 48.2 Å². The minimum absolute atomic E-state index is 0.191. The van der Waals surface area contributed by atoms with E-state index in [1.807, 2.05) is 35.2 Å². The number of sulfonamides is 1. The number of piperidine rings is 1. The Bertz CT molecular complexity index is 1030. The van der Waals surface area contributed by atoms with Crippen LogP contribution in [0.5, 0.6) is 5.75 Å². The van der Waals surface area contributed by atoms with E-state index in [4.69, 9.17) is 4.74 Å². The van der Waals surface area contributed by atoms with Crippen LogP contribution in [0.2, 0.25) is 0 Å². The summed E-state index contributed by atoms with van der Waals surface area (Å²) in [6, 6.07) is 16.4. The van der Waals surface area contributed by atoms with Gasteiger partial charge in [-0.2, -0.15) is 8.42 Å². The molecule has 2 aliphatic rings. The first kappa shape index (κ1) is 18.7. The van der Waals surface area contributed by atoms with E-state index in [-0.39, 0.29) is 4.91 Å². The Morgan fingerprint density at radius 2 is 1.79 bits per heavy atom. The monoisotopic (exact) mass is 398 g/mol. The molecular weight excluding hydrogens is 376 g/mol. The molecule has 146 valence electrons. The minimum atomic E-state index is -3.87. The summed E-state index contributed by atoms with van der Waals surface area (Å²) < 4.78 is 35.5. The predicted octanol–water partition coefficient (Wildman–Crippen LogP) is 2.76. The number of nitrogens with zero attached hydrogens (tertiary/aromatic N) is 2. The number of methoxy groups -OCH3 is 1. The Balaban J connectivity index is 1.90. The van der Waals surface area contributed by atoms with E-state index in [1.165, 1.54) is 0 Å². The zero-order chi connectivity index (χ0) is 19.7. The molecule has 0 radical (unpaired) electrons. The summed E-state index contributed by atoms with van der Waals surface area (Å²) in [4.78, 5) is 2.07. The van der Waals surface area contributed by atoms with Crippen LogP contribution < -0.4 is 4.74 Å². The second kappa shape index (κ2) is 7.41. The van der Waals surface area contributed by atoms with Crippen LogP contribution in [0.25, 0.3) is 10.5 Å². The largest absolute Gasteiger partial charge is 0.497 e. The van der Waals surface area contributed by atoms with Gasteiger partial charge in [-0.1, -0.05) is 30.3 Å². The Morgan fingerprint density at radius 1 is 1.07 bits per heavy atom. The molecule has 1 fully saturated rings. The van der Waals surface area contributed by atoms with E-state index in [0.717, 1.165) is 12.0 Å². The molecule has 28 heavy (non-hydrogen) atoms. The lowest BCUT2D eigenvalue weighted by Gasteiger charge is -2.32. The maximum absolute atomic E-state index is 13.1. The summed E-state index contributed by atoms with van der Waals surface area (Å²) >= 11 is 0. The number of hydrogen-bond acceptors (Lipinski definition) is 5. The van der Waals surface area contributed by atoms with Crippen molar-refractivity contribution in [1.82, 2.24) is 4.90 Å². The summed E-state index contributed by atoms with van der Waals surface area (Å²) in [5, 5.41) is 10.1. The average Bonchev–Trinajstić information content (AvgIpc) is 3.00. The van der Waals surface area contributed by atoms with Crippen molar-refractivity contribution in [3.8, 4) is 5.75 Å². The highest BCUT2D eigenvalue weighted by Gasteiger charge is 2.37. The molecule has 1 N–H and O–H groups in total. The van der Waals surface area contributed by atoms with Gasteiger partial charge in [-0.25, -0.2) is 0 Å². The third-order valence-electron chi connectivity index (χ3n) is 5.03. The van der Waals surface area contributed by atoms with Crippen molar-refractivity contribution in [3.05, 3.63) is 65.7 Å². The number of ether oxygens (including phenoxy) is 1. The van der Waals surface area contributed by atoms with Crippen LogP contribution >= 0.6 is 0 Å². The summed E-state index contributed by atoms with van der Waals surface area (Å²) in [5.41, 5.74) is 1.93. The van der Waals surface area contributed by atoms with Gasteiger partial charge in [0.05, 0.1) is 13.2 Å². The third-order valence-corrected chi connectivity index (χ3v) is 6.40. The van der Waals surface area contributed by atoms with Crippen molar-refractivity contribution in [2.75, 3.05) is 20.2 Å². The highest BCUT2D eigenvalue weighted by molar-refractivity contribution is 8.00. The van der Waals surface area contributed by atoms with Crippen LogP contribution in [0.4, 0.5) is 0 Å². The molecule has 0 spiro atoms. The van der Waals surface area contributed by atoms with Crippen LogP contribution in [0.15, 0.2) is 59.0 Å². The smallest absolute Gasteiger partial charge is 0.285 e. The molecule has 0 amide bonds. The van der Waals surface area contributed by atoms with Gasteiger partial charge in [-0.3, -0.25) is 0 Å². The second-order valence-electron chi connectivity index (χ2n) is 6.93. The molecule has 1 atom stereocenters. The number of amidine groups is 1. The zero-order valence-electron chi connectivity index (χ0n) is 15.6. The minimum Gasteiger partial charge on any atom is -0.497 e. The molecule has 2 aromatic carbocycles. The Hall–Kier alpha value is -2.64. The fraction of sp³-hybridized carbons (Fsp3) is 0.286. The number of β-amino-alcohol motifs (C(OH)–C–C–N with tert-alkyl or cyclic N) is 1. The van der Waals surface area contributed by atoms with Gasteiger partial charge in [0.1, 0.15) is 10.7 Å². The van der Waals surface area contributed by atoms with E-state index in [9.17, 15) is 13.5 Å². The summed E-state index contributed by atoms with van der Waals surface area (Å²) in [6.45, 7) is 1.04. The van der Waals surface area contributed by atoms with Gasteiger partial charge in [-0.15, -0.1) is 4.40 Å². The fourth-order valence-corrected chi connectivity index (χ4v) is 5.13. The van der Waals surface area contributed by atoms with Crippen molar-refractivity contribution in [1.29, 1.82) is 0 Å². The number of benzene rings is 2. The molecule has 0 aromatic heterocycles. The first-order valence-corrected chi connectivity index (χ1v) is 10.7. The lowest BCUT2D eigenvalue weighted by Crippen LogP contribution is -2.42. The molecule has 2 heterocycles. The van der Waals surface area contributed by atoms with Gasteiger partial charge in [0.15, 0.2) is 5.84 Å². The summed E-state index contributed by atoms with van der Waals surface area (Å²) in [6.07, 6.45) is 1.02. The van der Waals surface area contributed by atoms with Crippen LogP contribution in [0.3, 0.4) is 0 Å². The van der Waals surface area contributed by atoms with E-state index < -0.39 is 16.1 Å². The molecule has 6 nitrogen and oxygen atoms in total. The molecule has 2 aromatic rings. The normalized spacial score (nSPS) is 21.6. The van der Waals surface area contributed by atoms with E-state index in [0.29, 0.717) is 42.2 Å². The van der Waals surface area contributed by atoms with Crippen molar-refractivity contribution >= 4 is 26.3 Å². The van der Waals surface area contributed by atoms with Crippen molar-refractivity contribution in [3.63, 3.8) is 0 Å². The summed E-state index contributed by atoms with van der Waals surface area (Å²) in [7, 11) is -2.30. The molecule has 0 aliphatic carbocycles. The van der Waals surface area contributed by atoms with Crippen molar-refractivity contribution in [2.45, 2.75) is 18.9 Å². The Labute approximate surface area is 164 Å². The average molecular weight is 398 g/mol. The Kier molecular flexibility index (Phi) is 4.95. The van der Waals surface area contributed by atoms with Gasteiger partial charge in [0.25, 0.3) is 10.0 Å². The first-order valence-electron chi connectivity index (χ1n) is 9.22. The number of likely N-dealkylation sites (tertiary alicyclic amines) is 1. The van der Waals surface area contributed by atoms with E-state index >= 15 is 0 Å². The first-order chi connectivity index (χ1) is 13.5.